The molecule has 242 valence electrons. The predicted molar refractivity (Wildman–Crippen MR) is 182 cm³/mol. The molecule has 0 heterocycles. The number of halogens is 1. The van der Waals surface area contributed by atoms with Crippen LogP contribution in [0.3, 0.4) is 0 Å². The fourth-order valence-electron chi connectivity index (χ4n) is 4.96. The van der Waals surface area contributed by atoms with Crippen molar-refractivity contribution in [1.29, 1.82) is 0 Å². The molecule has 0 aromatic heterocycles. The number of carbonyl (C=O) groups excluding carboxylic acids is 2. The average molecular weight is 662 g/mol. The van der Waals surface area contributed by atoms with Crippen LogP contribution in [0.1, 0.15) is 31.9 Å². The lowest BCUT2D eigenvalue weighted by atomic mass is 10.0. The smallest absolute Gasteiger partial charge is 0.264 e. The third-order valence-corrected chi connectivity index (χ3v) is 9.44. The van der Waals surface area contributed by atoms with Crippen molar-refractivity contribution in [3.8, 4) is 5.75 Å². The van der Waals surface area contributed by atoms with Crippen LogP contribution in [-0.4, -0.2) is 50.9 Å². The summed E-state index contributed by atoms with van der Waals surface area (Å²) in [6.45, 7) is 5.87. The number of nitrogens with zero attached hydrogens (tertiary/aromatic N) is 2. The summed E-state index contributed by atoms with van der Waals surface area (Å²) in [7, 11) is -4.25. The van der Waals surface area contributed by atoms with Gasteiger partial charge in [0.2, 0.25) is 11.8 Å². The Morgan fingerprint density at radius 2 is 1.46 bits per heavy atom. The monoisotopic (exact) mass is 661 g/mol. The summed E-state index contributed by atoms with van der Waals surface area (Å²) in [5, 5.41) is 3.42. The third-order valence-electron chi connectivity index (χ3n) is 7.30. The first-order chi connectivity index (χ1) is 22.1. The number of sulfonamides is 1. The lowest BCUT2D eigenvalue weighted by molar-refractivity contribution is -0.140. The first-order valence-corrected chi connectivity index (χ1v) is 17.1. The maximum Gasteiger partial charge on any atom is 0.264 e. The van der Waals surface area contributed by atoms with Gasteiger partial charge in [-0.15, -0.1) is 0 Å². The number of hydrogen-bond donors (Lipinski definition) is 1. The normalized spacial score (nSPS) is 11.9. The van der Waals surface area contributed by atoms with Crippen LogP contribution < -0.4 is 14.4 Å². The lowest BCUT2D eigenvalue weighted by Gasteiger charge is -2.34. The number of nitrogens with one attached hydrogen (secondary N) is 1. The van der Waals surface area contributed by atoms with E-state index in [4.69, 9.17) is 16.3 Å². The fourth-order valence-corrected chi connectivity index (χ4v) is 6.60. The molecule has 0 aliphatic carbocycles. The Morgan fingerprint density at radius 3 is 2.11 bits per heavy atom. The zero-order valence-corrected chi connectivity index (χ0v) is 27.9. The second-order valence-electron chi connectivity index (χ2n) is 11.2. The van der Waals surface area contributed by atoms with Gasteiger partial charge in [0.25, 0.3) is 10.0 Å². The maximum atomic E-state index is 14.6. The Kier molecular flexibility index (Phi) is 12.2. The maximum absolute atomic E-state index is 14.6. The molecular weight excluding hydrogens is 622 g/mol. The number of amides is 2. The van der Waals surface area contributed by atoms with E-state index in [0.717, 1.165) is 9.87 Å². The van der Waals surface area contributed by atoms with E-state index in [1.165, 1.54) is 17.0 Å². The third kappa shape index (κ3) is 8.89. The van der Waals surface area contributed by atoms with E-state index in [0.29, 0.717) is 22.9 Å². The molecule has 0 unspecified atom stereocenters. The Bertz CT molecular complexity index is 1700. The molecular formula is C36H40ClN3O5S. The van der Waals surface area contributed by atoms with Crippen LogP contribution in [0, 0.1) is 5.92 Å². The first kappa shape index (κ1) is 34.5. The van der Waals surface area contributed by atoms with Crippen molar-refractivity contribution in [2.24, 2.45) is 5.92 Å². The lowest BCUT2D eigenvalue weighted by Crippen LogP contribution is -2.53. The number of ether oxygens (including phenoxy) is 1. The number of anilines is 1. The quantitative estimate of drug-likeness (QED) is 0.160. The summed E-state index contributed by atoms with van der Waals surface area (Å²) < 4.78 is 35.3. The summed E-state index contributed by atoms with van der Waals surface area (Å²) >= 11 is 6.57. The van der Waals surface area contributed by atoms with Crippen molar-refractivity contribution in [2.45, 2.75) is 44.7 Å². The molecule has 4 aromatic carbocycles. The largest absolute Gasteiger partial charge is 0.492 e. The summed E-state index contributed by atoms with van der Waals surface area (Å²) in [5.74, 6) is -0.433. The van der Waals surface area contributed by atoms with Gasteiger partial charge in [-0.25, -0.2) is 8.42 Å². The van der Waals surface area contributed by atoms with Crippen LogP contribution >= 0.6 is 11.6 Å². The second-order valence-corrected chi connectivity index (χ2v) is 13.5. The van der Waals surface area contributed by atoms with Crippen LogP contribution in [0.5, 0.6) is 5.75 Å². The summed E-state index contributed by atoms with van der Waals surface area (Å²) in [4.78, 5) is 30.0. The number of hydrogen-bond acceptors (Lipinski definition) is 5. The van der Waals surface area contributed by atoms with Gasteiger partial charge in [0.15, 0.2) is 0 Å². The molecule has 46 heavy (non-hydrogen) atoms. The molecule has 8 nitrogen and oxygen atoms in total. The predicted octanol–water partition coefficient (Wildman–Crippen LogP) is 6.35. The molecule has 0 aliphatic rings. The molecule has 1 atom stereocenters. The second kappa shape index (κ2) is 16.3. The highest BCUT2D eigenvalue weighted by Gasteiger charge is 2.35. The van der Waals surface area contributed by atoms with Gasteiger partial charge in [0, 0.05) is 24.5 Å². The van der Waals surface area contributed by atoms with E-state index in [-0.39, 0.29) is 42.0 Å². The number of carbonyl (C=O) groups is 2. The van der Waals surface area contributed by atoms with Crippen molar-refractivity contribution in [1.82, 2.24) is 10.2 Å². The van der Waals surface area contributed by atoms with Gasteiger partial charge in [-0.3, -0.25) is 13.9 Å². The molecule has 0 saturated heterocycles. The van der Waals surface area contributed by atoms with Crippen LogP contribution in [0.4, 0.5) is 5.69 Å². The van der Waals surface area contributed by atoms with Crippen LogP contribution in [0.15, 0.2) is 114 Å². The van der Waals surface area contributed by atoms with Crippen molar-refractivity contribution in [3.05, 3.63) is 125 Å². The SMILES string of the molecule is CCOc1ccccc1N(CC(=O)N(Cc1ccccc1Cl)[C@@H](Cc1ccccc1)C(=O)NCC(C)C)S(=O)(=O)c1ccccc1. The highest BCUT2D eigenvalue weighted by molar-refractivity contribution is 7.92. The average Bonchev–Trinajstić information content (AvgIpc) is 3.06. The van der Waals surface area contributed by atoms with E-state index in [1.54, 1.807) is 73.7 Å². The first-order valence-electron chi connectivity index (χ1n) is 15.3. The summed E-state index contributed by atoms with van der Waals surface area (Å²) in [6, 6.07) is 30.2. The number of benzene rings is 4. The van der Waals surface area contributed by atoms with Crippen LogP contribution in [0.2, 0.25) is 5.02 Å². The molecule has 2 amide bonds. The van der Waals surface area contributed by atoms with Gasteiger partial charge in [0.05, 0.1) is 17.2 Å². The van der Waals surface area contributed by atoms with Crippen molar-refractivity contribution in [3.63, 3.8) is 0 Å². The van der Waals surface area contributed by atoms with Gasteiger partial charge in [0.1, 0.15) is 18.3 Å². The number of para-hydroxylation sites is 2. The van der Waals surface area contributed by atoms with Gasteiger partial charge in [-0.05, 0) is 54.3 Å². The van der Waals surface area contributed by atoms with E-state index in [1.807, 2.05) is 44.2 Å². The van der Waals surface area contributed by atoms with Gasteiger partial charge < -0.3 is 15.0 Å². The van der Waals surface area contributed by atoms with Gasteiger partial charge >= 0.3 is 0 Å². The van der Waals surface area contributed by atoms with Crippen molar-refractivity contribution in [2.75, 3.05) is 24.0 Å². The minimum absolute atomic E-state index is 0.0160. The van der Waals surface area contributed by atoms with Crippen LogP contribution in [0.25, 0.3) is 0 Å². The Balaban J connectivity index is 1.83. The zero-order chi connectivity index (χ0) is 33.1. The zero-order valence-electron chi connectivity index (χ0n) is 26.3. The summed E-state index contributed by atoms with van der Waals surface area (Å²) in [6.07, 6.45) is 0.210. The Labute approximate surface area is 277 Å². The molecule has 10 heteroatoms. The molecule has 0 saturated carbocycles. The summed E-state index contributed by atoms with van der Waals surface area (Å²) in [5.41, 5.74) is 1.68. The minimum Gasteiger partial charge on any atom is -0.492 e. The molecule has 4 aromatic rings. The van der Waals surface area contributed by atoms with Gasteiger partial charge in [-0.1, -0.05) is 104 Å². The molecule has 0 spiro atoms. The topological polar surface area (TPSA) is 96.0 Å². The molecule has 1 N–H and O–H groups in total. The molecule has 0 fully saturated rings. The van der Waals surface area contributed by atoms with Gasteiger partial charge in [-0.2, -0.15) is 0 Å². The van der Waals surface area contributed by atoms with E-state index >= 15 is 0 Å². The van der Waals surface area contributed by atoms with Crippen molar-refractivity contribution < 1.29 is 22.7 Å². The molecule has 0 radical (unpaired) electrons. The number of rotatable bonds is 15. The molecule has 0 bridgehead atoms. The standard InChI is InChI=1S/C36H40ClN3O5S/c1-4-45-34-22-14-13-21-32(34)40(46(43,44)30-18-9-6-10-19-30)26-35(41)39(25-29-17-11-12-20-31(29)37)33(36(42)38-24-27(2)3)23-28-15-7-5-8-16-28/h5-22,27,33H,4,23-26H2,1-3H3,(H,38,42)/t33-/m0/s1. The highest BCUT2D eigenvalue weighted by atomic mass is 35.5. The van der Waals surface area contributed by atoms with Crippen molar-refractivity contribution >= 4 is 39.1 Å². The molecule has 4 rings (SSSR count). The fraction of sp³-hybridized carbons (Fsp3) is 0.278. The minimum atomic E-state index is -4.25. The Hall–Kier alpha value is -4.34. The van der Waals surface area contributed by atoms with E-state index in [2.05, 4.69) is 5.32 Å². The van der Waals surface area contributed by atoms with Crippen LogP contribution in [-0.2, 0) is 32.6 Å². The molecule has 0 aliphatic heterocycles. The van der Waals surface area contributed by atoms with E-state index in [9.17, 15) is 18.0 Å². The highest BCUT2D eigenvalue weighted by Crippen LogP contribution is 2.33. The Morgan fingerprint density at radius 1 is 0.848 bits per heavy atom. The van der Waals surface area contributed by atoms with E-state index < -0.39 is 28.5 Å².